The molecule has 2 aromatic heterocycles. The molecule has 1 saturated heterocycles. The average molecular weight is 1140 g/mol. The van der Waals surface area contributed by atoms with Crippen LogP contribution in [0.25, 0.3) is 0 Å². The molecular formula is C58H83ClN12O10. The second-order valence-electron chi connectivity index (χ2n) is 18.8. The van der Waals surface area contributed by atoms with Crippen molar-refractivity contribution in [2.75, 3.05) is 96.4 Å². The van der Waals surface area contributed by atoms with Crippen LogP contribution in [0.1, 0.15) is 101 Å². The van der Waals surface area contributed by atoms with E-state index in [0.29, 0.717) is 91.3 Å². The zero-order chi connectivity index (χ0) is 58.8. The van der Waals surface area contributed by atoms with E-state index in [1.807, 2.05) is 37.5 Å². The van der Waals surface area contributed by atoms with Crippen LogP contribution in [-0.2, 0) is 36.8 Å². The number of aliphatic carboxylic acids is 1. The SMILES string of the molecule is C.C.C#CCCl.C#CCN(C(C)=O)c1cnc(N(CC)CC)nc1N[C@@H](Cc1ccc(OC(=O)N2CCCC2)cc1)C(=O)O.CCN(CC)c1ncc(NC(C)=O)c(N[C@@H](Cc2ccc(OC(=O)N(C)C)cc2)C(=O)OC(C)(C)C)n1. The molecule has 4 N–H and O–H groups in total. The Bertz CT molecular complexity index is 2730. The minimum Gasteiger partial charge on any atom is -0.480 e. The van der Waals surface area contributed by atoms with Crippen LogP contribution < -0.4 is 40.1 Å². The van der Waals surface area contributed by atoms with Gasteiger partial charge in [0.05, 0.1) is 24.8 Å². The lowest BCUT2D eigenvalue weighted by atomic mass is 10.0. The first kappa shape index (κ1) is 70.6. The number of nitrogens with zero attached hydrogens (tertiary/aromatic N) is 9. The van der Waals surface area contributed by atoms with Gasteiger partial charge in [0.25, 0.3) is 0 Å². The molecule has 442 valence electrons. The quantitative estimate of drug-likeness (QED) is 0.0345. The number of carbonyl (C=O) groups excluding carboxylic acids is 5. The molecule has 3 heterocycles. The number of ether oxygens (including phenoxy) is 3. The second kappa shape index (κ2) is 35.3. The summed E-state index contributed by atoms with van der Waals surface area (Å²) >= 11 is 4.95. The minimum atomic E-state index is -1.10. The number of aromatic nitrogens is 4. The maximum Gasteiger partial charge on any atom is 0.415 e. The van der Waals surface area contributed by atoms with Crippen molar-refractivity contribution < 1.29 is 48.1 Å². The Morgan fingerprint density at radius 1 is 0.741 bits per heavy atom. The van der Waals surface area contributed by atoms with Crippen LogP contribution in [0.2, 0.25) is 0 Å². The Morgan fingerprint density at radius 2 is 1.21 bits per heavy atom. The Balaban J connectivity index is 0.000000742. The number of esters is 1. The highest BCUT2D eigenvalue weighted by atomic mass is 35.5. The smallest absolute Gasteiger partial charge is 0.415 e. The lowest BCUT2D eigenvalue weighted by Crippen LogP contribution is -2.38. The van der Waals surface area contributed by atoms with Crippen molar-refractivity contribution >= 4 is 82.4 Å². The predicted molar refractivity (Wildman–Crippen MR) is 321 cm³/mol. The first-order chi connectivity index (χ1) is 37.5. The van der Waals surface area contributed by atoms with Gasteiger partial charge in [-0.25, -0.2) is 29.1 Å². The van der Waals surface area contributed by atoms with Crippen molar-refractivity contribution in [2.45, 2.75) is 121 Å². The van der Waals surface area contributed by atoms with Gasteiger partial charge in [-0.3, -0.25) is 14.5 Å². The lowest BCUT2D eigenvalue weighted by Gasteiger charge is -2.26. The Labute approximate surface area is 483 Å². The number of hydrogen-bond acceptors (Lipinski definition) is 17. The highest BCUT2D eigenvalue weighted by Crippen LogP contribution is 2.29. The third kappa shape index (κ3) is 23.5. The fourth-order valence-electron chi connectivity index (χ4n) is 7.42. The molecule has 1 aliphatic rings. The van der Waals surface area contributed by atoms with Crippen molar-refractivity contribution in [2.24, 2.45) is 0 Å². The van der Waals surface area contributed by atoms with Gasteiger partial charge in [-0.15, -0.1) is 24.4 Å². The largest absolute Gasteiger partial charge is 0.480 e. The van der Waals surface area contributed by atoms with Crippen molar-refractivity contribution in [3.8, 4) is 36.2 Å². The molecule has 0 radical (unpaired) electrons. The number of alkyl halides is 1. The van der Waals surface area contributed by atoms with Gasteiger partial charge < -0.3 is 54.9 Å². The molecule has 5 rings (SSSR count). The maximum atomic E-state index is 13.2. The summed E-state index contributed by atoms with van der Waals surface area (Å²) in [6, 6.07) is 11.7. The van der Waals surface area contributed by atoms with E-state index in [2.05, 4.69) is 54.2 Å². The highest BCUT2D eigenvalue weighted by Gasteiger charge is 2.29. The molecule has 1 aliphatic heterocycles. The summed E-state index contributed by atoms with van der Waals surface area (Å²) in [5, 5.41) is 18.9. The van der Waals surface area contributed by atoms with E-state index < -0.39 is 35.7 Å². The van der Waals surface area contributed by atoms with Crippen LogP contribution in [-0.4, -0.2) is 154 Å². The predicted octanol–water partition coefficient (Wildman–Crippen LogP) is 8.85. The fourth-order valence-corrected chi connectivity index (χ4v) is 7.42. The van der Waals surface area contributed by atoms with Crippen molar-refractivity contribution in [3.05, 3.63) is 72.1 Å². The van der Waals surface area contributed by atoms with Gasteiger partial charge in [0, 0.05) is 80.1 Å². The standard InChI is InChI=1S/C27H34N6O5.C26H38N6O5.C3H3Cl.2CH4/c1-5-14-33(19(4)34)23-18-28-26(31(6-2)7-3)30-24(23)29-22(25(35)36)17-20-10-12-21(13-11-20)38-27(37)32-15-8-9-16-32;1-9-32(10-2)24-27-16-21(28-17(3)33)22(30-24)29-20(23(34)37-26(4,5)6)15-18-11-13-19(14-12-18)36-25(35)31(7)8;1-2-3-4;;/h1,10-13,18,22H,6-9,14-17H2,2-4H3,(H,35,36)(H,28,29,30);11-14,16,20H,9-10,15H2,1-8H3,(H,28,33)(H,27,29,30);1H,3H2;2*1H4/t22-;20-;;;/m00.../s1. The number of likely N-dealkylation sites (tertiary alicyclic amines) is 1. The van der Waals surface area contributed by atoms with E-state index in [-0.39, 0.29) is 58.0 Å². The molecule has 0 saturated carbocycles. The van der Waals surface area contributed by atoms with Gasteiger partial charge in [0.1, 0.15) is 40.6 Å². The van der Waals surface area contributed by atoms with Crippen molar-refractivity contribution in [1.82, 2.24) is 29.7 Å². The molecule has 22 nitrogen and oxygen atoms in total. The van der Waals surface area contributed by atoms with E-state index in [1.54, 1.807) is 88.3 Å². The Morgan fingerprint density at radius 3 is 1.64 bits per heavy atom. The third-order valence-electron chi connectivity index (χ3n) is 11.4. The van der Waals surface area contributed by atoms with Crippen LogP contribution >= 0.6 is 11.6 Å². The number of anilines is 6. The Hall–Kier alpha value is -8.37. The third-order valence-corrected chi connectivity index (χ3v) is 11.6. The number of halogens is 1. The average Bonchev–Trinajstić information content (AvgIpc) is 4.03. The van der Waals surface area contributed by atoms with E-state index in [9.17, 15) is 33.9 Å². The summed E-state index contributed by atoms with van der Waals surface area (Å²) in [6.07, 6.45) is 14.5. The number of rotatable bonds is 21. The number of nitrogens with one attached hydrogen (secondary N) is 3. The number of carboxylic acid groups (broad SMARTS) is 1. The summed E-state index contributed by atoms with van der Waals surface area (Å²) in [5.41, 5.74) is 1.44. The van der Waals surface area contributed by atoms with Crippen LogP contribution in [0.3, 0.4) is 0 Å². The van der Waals surface area contributed by atoms with Crippen molar-refractivity contribution in [3.63, 3.8) is 0 Å². The monoisotopic (exact) mass is 1140 g/mol. The first-order valence-electron chi connectivity index (χ1n) is 25.8. The lowest BCUT2D eigenvalue weighted by molar-refractivity contribution is -0.155. The van der Waals surface area contributed by atoms with Gasteiger partial charge in [0.2, 0.25) is 23.7 Å². The number of carboxylic acids is 1. The molecule has 0 aliphatic carbocycles. The summed E-state index contributed by atoms with van der Waals surface area (Å²) in [7, 11) is 3.20. The van der Waals surface area contributed by atoms with E-state index in [0.717, 1.165) is 18.4 Å². The van der Waals surface area contributed by atoms with E-state index in [1.165, 1.54) is 36.0 Å². The van der Waals surface area contributed by atoms with Gasteiger partial charge >= 0.3 is 24.1 Å². The molecule has 1 fully saturated rings. The normalized spacial score (nSPS) is 11.9. The molecular weight excluding hydrogens is 1060 g/mol. The molecule has 23 heteroatoms. The summed E-state index contributed by atoms with van der Waals surface area (Å²) in [5.74, 6) is 4.90. The summed E-state index contributed by atoms with van der Waals surface area (Å²) < 4.78 is 16.4. The Kier molecular flexibility index (Phi) is 30.8. The van der Waals surface area contributed by atoms with Gasteiger partial charge in [-0.2, -0.15) is 9.97 Å². The van der Waals surface area contributed by atoms with Crippen LogP contribution in [0.5, 0.6) is 11.5 Å². The van der Waals surface area contributed by atoms with Gasteiger partial charge in [-0.05, 0) is 96.7 Å². The molecule has 0 bridgehead atoms. The van der Waals surface area contributed by atoms with Gasteiger partial charge in [-0.1, -0.05) is 51.0 Å². The molecule has 81 heavy (non-hydrogen) atoms. The zero-order valence-electron chi connectivity index (χ0n) is 47.1. The summed E-state index contributed by atoms with van der Waals surface area (Å²) in [6.45, 7) is 20.1. The van der Waals surface area contributed by atoms with E-state index in [4.69, 9.17) is 32.2 Å². The molecule has 4 aromatic rings. The van der Waals surface area contributed by atoms with Crippen LogP contribution in [0.4, 0.5) is 44.5 Å². The molecule has 2 aromatic carbocycles. The fraction of sp³-hybridized carbons (Fsp3) is 0.483. The topological polar surface area (TPSA) is 254 Å². The second-order valence-corrected chi connectivity index (χ2v) is 19.1. The number of amides is 4. The number of hydrogen-bond donors (Lipinski definition) is 4. The molecule has 4 amide bonds. The number of carbonyl (C=O) groups is 6. The molecule has 2 atom stereocenters. The molecule has 0 spiro atoms. The molecule has 0 unspecified atom stereocenters. The minimum absolute atomic E-state index is 0. The van der Waals surface area contributed by atoms with Gasteiger partial charge in [0.15, 0.2) is 11.6 Å². The first-order valence-corrected chi connectivity index (χ1v) is 26.3. The van der Waals surface area contributed by atoms with E-state index >= 15 is 0 Å². The number of terminal acetylenes is 2. The maximum absolute atomic E-state index is 13.2. The van der Waals surface area contributed by atoms with Crippen molar-refractivity contribution in [1.29, 1.82) is 0 Å². The van der Waals surface area contributed by atoms with Crippen LogP contribution in [0.15, 0.2) is 60.9 Å². The zero-order valence-corrected chi connectivity index (χ0v) is 47.8. The summed E-state index contributed by atoms with van der Waals surface area (Å²) in [4.78, 5) is 99.7. The number of benzene rings is 2. The van der Waals surface area contributed by atoms with Crippen LogP contribution in [0, 0.1) is 24.7 Å². The highest BCUT2D eigenvalue weighted by molar-refractivity contribution is 6.19.